The van der Waals surface area contributed by atoms with Crippen LogP contribution in [0.5, 0.6) is 0 Å². The summed E-state index contributed by atoms with van der Waals surface area (Å²) < 4.78 is 0. The zero-order valence-electron chi connectivity index (χ0n) is 10.7. The van der Waals surface area contributed by atoms with Crippen molar-refractivity contribution < 1.29 is 0 Å². The highest BCUT2D eigenvalue weighted by Gasteiger charge is 2.48. The van der Waals surface area contributed by atoms with Crippen molar-refractivity contribution in [2.24, 2.45) is 10.8 Å². The van der Waals surface area contributed by atoms with Crippen LogP contribution in [0.15, 0.2) is 23.3 Å². The minimum absolute atomic E-state index is 0.461. The van der Waals surface area contributed by atoms with Gasteiger partial charge in [0.1, 0.15) is 0 Å². The zero-order chi connectivity index (χ0) is 11.1. The van der Waals surface area contributed by atoms with E-state index in [4.69, 9.17) is 0 Å². The van der Waals surface area contributed by atoms with E-state index >= 15 is 0 Å². The molecule has 0 aromatic heterocycles. The van der Waals surface area contributed by atoms with Crippen molar-refractivity contribution in [2.45, 2.75) is 59.8 Å². The smallest absolute Gasteiger partial charge is 0.00621 e. The number of rotatable bonds is 0. The van der Waals surface area contributed by atoms with Crippen molar-refractivity contribution >= 4 is 0 Å². The van der Waals surface area contributed by atoms with Gasteiger partial charge in [-0.2, -0.15) is 0 Å². The number of fused-ring (bicyclic) bond motifs is 1. The lowest BCUT2D eigenvalue weighted by molar-refractivity contribution is 0.138. The quantitative estimate of drug-likeness (QED) is 0.528. The van der Waals surface area contributed by atoms with Gasteiger partial charge in [0, 0.05) is 0 Å². The van der Waals surface area contributed by atoms with Gasteiger partial charge >= 0.3 is 0 Å². The Labute approximate surface area is 94.5 Å². The SMILES string of the molecule is CC1=CCCC2(C)CCCC2(C)C(C)=C1. The van der Waals surface area contributed by atoms with Gasteiger partial charge in [-0.15, -0.1) is 0 Å². The maximum Gasteiger partial charge on any atom is -0.00621 e. The van der Waals surface area contributed by atoms with E-state index in [0.717, 1.165) is 0 Å². The van der Waals surface area contributed by atoms with Crippen molar-refractivity contribution in [2.75, 3.05) is 0 Å². The molecule has 0 radical (unpaired) electrons. The van der Waals surface area contributed by atoms with Crippen molar-refractivity contribution in [1.82, 2.24) is 0 Å². The molecule has 2 aliphatic rings. The first-order valence-corrected chi connectivity index (χ1v) is 6.33. The van der Waals surface area contributed by atoms with Gasteiger partial charge in [-0.3, -0.25) is 0 Å². The molecule has 1 saturated carbocycles. The molecule has 2 atom stereocenters. The molecule has 0 saturated heterocycles. The van der Waals surface area contributed by atoms with Crippen LogP contribution in [0, 0.1) is 10.8 Å². The molecule has 0 N–H and O–H groups in total. The molecule has 0 heteroatoms. The van der Waals surface area contributed by atoms with Crippen LogP contribution in [0.3, 0.4) is 0 Å². The molecule has 0 heterocycles. The fraction of sp³-hybridized carbons (Fsp3) is 0.733. The first-order valence-electron chi connectivity index (χ1n) is 6.33. The average Bonchev–Trinajstić information content (AvgIpc) is 2.43. The molecule has 0 aliphatic heterocycles. The highest BCUT2D eigenvalue weighted by atomic mass is 14.5. The Hall–Kier alpha value is -0.520. The Morgan fingerprint density at radius 3 is 2.53 bits per heavy atom. The summed E-state index contributed by atoms with van der Waals surface area (Å²) in [4.78, 5) is 0. The van der Waals surface area contributed by atoms with Gasteiger partial charge in [-0.25, -0.2) is 0 Å². The lowest BCUT2D eigenvalue weighted by Gasteiger charge is -2.43. The fourth-order valence-corrected chi connectivity index (χ4v) is 3.66. The van der Waals surface area contributed by atoms with E-state index in [2.05, 4.69) is 39.8 Å². The third kappa shape index (κ3) is 1.58. The van der Waals surface area contributed by atoms with Gasteiger partial charge in [0.2, 0.25) is 0 Å². The normalized spacial score (nSPS) is 41.3. The van der Waals surface area contributed by atoms with E-state index in [1.807, 2.05) is 0 Å². The molecule has 2 rings (SSSR count). The summed E-state index contributed by atoms with van der Waals surface area (Å²) in [6, 6.07) is 0. The molecule has 84 valence electrons. The van der Waals surface area contributed by atoms with E-state index in [-0.39, 0.29) is 0 Å². The molecule has 0 aromatic carbocycles. The summed E-state index contributed by atoms with van der Waals surface area (Å²) in [5.41, 5.74) is 4.08. The van der Waals surface area contributed by atoms with Gasteiger partial charge < -0.3 is 0 Å². The van der Waals surface area contributed by atoms with Gasteiger partial charge in [-0.05, 0) is 50.4 Å². The molecule has 0 nitrogen and oxygen atoms in total. The van der Waals surface area contributed by atoms with Crippen LogP contribution in [0.4, 0.5) is 0 Å². The van der Waals surface area contributed by atoms with Crippen molar-refractivity contribution in [3.05, 3.63) is 23.3 Å². The predicted molar refractivity (Wildman–Crippen MR) is 66.8 cm³/mol. The van der Waals surface area contributed by atoms with Crippen LogP contribution in [0.25, 0.3) is 0 Å². The van der Waals surface area contributed by atoms with Gasteiger partial charge in [0.15, 0.2) is 0 Å². The van der Waals surface area contributed by atoms with Crippen molar-refractivity contribution in [3.63, 3.8) is 0 Å². The molecule has 2 aliphatic carbocycles. The zero-order valence-corrected chi connectivity index (χ0v) is 10.7. The maximum atomic E-state index is 2.51. The van der Waals surface area contributed by atoms with Gasteiger partial charge in [0.25, 0.3) is 0 Å². The minimum Gasteiger partial charge on any atom is -0.0816 e. The summed E-state index contributed by atoms with van der Waals surface area (Å²) in [6.07, 6.45) is 11.7. The first-order chi connectivity index (χ1) is 6.98. The number of hydrogen-bond donors (Lipinski definition) is 0. The Bertz CT molecular complexity index is 321. The van der Waals surface area contributed by atoms with E-state index in [9.17, 15) is 0 Å². The highest BCUT2D eigenvalue weighted by Crippen LogP contribution is 2.59. The maximum absolute atomic E-state index is 2.51. The van der Waals surface area contributed by atoms with Crippen LogP contribution in [0.1, 0.15) is 59.8 Å². The molecule has 15 heavy (non-hydrogen) atoms. The Balaban J connectivity index is 2.44. The van der Waals surface area contributed by atoms with Gasteiger partial charge in [0.05, 0.1) is 0 Å². The Kier molecular flexibility index (Phi) is 2.56. The van der Waals surface area contributed by atoms with Crippen LogP contribution >= 0.6 is 0 Å². The summed E-state index contributed by atoms with van der Waals surface area (Å²) in [5, 5.41) is 0. The molecule has 2 unspecified atom stereocenters. The second-order valence-electron chi connectivity index (χ2n) is 6.06. The predicted octanol–water partition coefficient (Wildman–Crippen LogP) is 4.87. The van der Waals surface area contributed by atoms with Crippen molar-refractivity contribution in [3.8, 4) is 0 Å². The third-order valence-corrected chi connectivity index (χ3v) is 5.21. The number of hydrogen-bond acceptors (Lipinski definition) is 0. The van der Waals surface area contributed by atoms with E-state index < -0.39 is 0 Å². The lowest BCUT2D eigenvalue weighted by atomic mass is 9.61. The number of allylic oxidation sites excluding steroid dienone is 4. The fourth-order valence-electron chi connectivity index (χ4n) is 3.66. The monoisotopic (exact) mass is 204 g/mol. The van der Waals surface area contributed by atoms with E-state index in [1.54, 1.807) is 5.57 Å². The topological polar surface area (TPSA) is 0 Å². The second kappa shape index (κ2) is 3.50. The summed E-state index contributed by atoms with van der Waals surface area (Å²) in [6.45, 7) is 9.58. The summed E-state index contributed by atoms with van der Waals surface area (Å²) in [5.74, 6) is 0. The second-order valence-corrected chi connectivity index (χ2v) is 6.06. The van der Waals surface area contributed by atoms with E-state index in [0.29, 0.717) is 10.8 Å². The molecule has 0 amide bonds. The highest BCUT2D eigenvalue weighted by molar-refractivity contribution is 5.29. The summed E-state index contributed by atoms with van der Waals surface area (Å²) >= 11 is 0. The van der Waals surface area contributed by atoms with Crippen LogP contribution in [-0.4, -0.2) is 0 Å². The Morgan fingerprint density at radius 1 is 1.07 bits per heavy atom. The average molecular weight is 204 g/mol. The molecular weight excluding hydrogens is 180 g/mol. The van der Waals surface area contributed by atoms with Crippen molar-refractivity contribution in [1.29, 1.82) is 0 Å². The standard InChI is InChI=1S/C15H24/c1-12-7-5-8-14(3)9-6-10-15(14,4)13(2)11-12/h7,11H,5-6,8-10H2,1-4H3. The molecule has 0 aromatic rings. The first kappa shape index (κ1) is 11.0. The molecule has 0 spiro atoms. The van der Waals surface area contributed by atoms with Crippen LogP contribution < -0.4 is 0 Å². The van der Waals surface area contributed by atoms with E-state index in [1.165, 1.54) is 37.7 Å². The Morgan fingerprint density at radius 2 is 1.80 bits per heavy atom. The molecule has 1 fully saturated rings. The molecule has 0 bridgehead atoms. The minimum atomic E-state index is 0.461. The van der Waals surface area contributed by atoms with Crippen LogP contribution in [0.2, 0.25) is 0 Å². The summed E-state index contributed by atoms with van der Waals surface area (Å²) in [7, 11) is 0. The van der Waals surface area contributed by atoms with Gasteiger partial charge in [-0.1, -0.05) is 43.6 Å². The third-order valence-electron chi connectivity index (χ3n) is 5.21. The van der Waals surface area contributed by atoms with Crippen LogP contribution in [-0.2, 0) is 0 Å². The lowest BCUT2D eigenvalue weighted by Crippen LogP contribution is -2.34. The largest absolute Gasteiger partial charge is 0.0816 e. The molecular formula is C15H24.